The van der Waals surface area contributed by atoms with Crippen LogP contribution in [0.25, 0.3) is 21.7 Å². The zero-order chi connectivity index (χ0) is 19.5. The molecule has 142 valence electrons. The van der Waals surface area contributed by atoms with Crippen molar-refractivity contribution in [2.75, 3.05) is 18.2 Å². The highest BCUT2D eigenvalue weighted by atomic mass is 79.9. The molecule has 0 bridgehead atoms. The van der Waals surface area contributed by atoms with Gasteiger partial charge < -0.3 is 14.5 Å². The van der Waals surface area contributed by atoms with Gasteiger partial charge in [0.2, 0.25) is 11.8 Å². The highest BCUT2D eigenvalue weighted by Crippen LogP contribution is 2.29. The Morgan fingerprint density at radius 3 is 2.86 bits per heavy atom. The number of carbonyl (C=O) groups is 1. The molecule has 2 aromatic carbocycles. The summed E-state index contributed by atoms with van der Waals surface area (Å²) in [4.78, 5) is 16.6. The molecule has 0 fully saturated rings. The molecular weight excluding hydrogens is 464 g/mol. The van der Waals surface area contributed by atoms with Gasteiger partial charge in [0.15, 0.2) is 5.13 Å². The lowest BCUT2D eigenvalue weighted by Crippen LogP contribution is -2.13. The highest BCUT2D eigenvalue weighted by Gasteiger charge is 2.13. The second-order valence-electron chi connectivity index (χ2n) is 5.57. The van der Waals surface area contributed by atoms with E-state index >= 15 is 0 Å². The third-order valence-electron chi connectivity index (χ3n) is 3.67. The van der Waals surface area contributed by atoms with Gasteiger partial charge in [0.25, 0.3) is 5.22 Å². The summed E-state index contributed by atoms with van der Waals surface area (Å²) in [5, 5.41) is 11.7. The number of thiazole rings is 1. The number of anilines is 1. The van der Waals surface area contributed by atoms with Gasteiger partial charge in [-0.1, -0.05) is 39.0 Å². The van der Waals surface area contributed by atoms with E-state index in [2.05, 4.69) is 36.4 Å². The molecule has 0 aliphatic carbocycles. The third-order valence-corrected chi connectivity index (χ3v) is 5.95. The highest BCUT2D eigenvalue weighted by molar-refractivity contribution is 9.10. The first-order valence-electron chi connectivity index (χ1n) is 8.07. The summed E-state index contributed by atoms with van der Waals surface area (Å²) in [7, 11) is 1.61. The molecule has 1 amide bonds. The van der Waals surface area contributed by atoms with Crippen LogP contribution in [0.2, 0.25) is 0 Å². The smallest absolute Gasteiger partial charge is 0.277 e. The predicted molar refractivity (Wildman–Crippen MR) is 113 cm³/mol. The van der Waals surface area contributed by atoms with Gasteiger partial charge in [-0.15, -0.1) is 10.2 Å². The Hall–Kier alpha value is -2.43. The zero-order valence-electron chi connectivity index (χ0n) is 14.5. The Morgan fingerprint density at radius 2 is 2.07 bits per heavy atom. The number of ether oxygens (including phenoxy) is 1. The average Bonchev–Trinajstić information content (AvgIpc) is 3.32. The fourth-order valence-corrected chi connectivity index (χ4v) is 4.08. The average molecular weight is 477 g/mol. The number of amides is 1. The van der Waals surface area contributed by atoms with Crippen LogP contribution in [0.3, 0.4) is 0 Å². The molecule has 7 nitrogen and oxygen atoms in total. The molecule has 1 N–H and O–H groups in total. The van der Waals surface area contributed by atoms with E-state index in [-0.39, 0.29) is 11.7 Å². The maximum Gasteiger partial charge on any atom is 0.277 e. The molecule has 0 saturated heterocycles. The molecule has 2 aromatic heterocycles. The fraction of sp³-hybridized carbons (Fsp3) is 0.111. The standard InChI is InChI=1S/C18H13BrN4O3S2/c1-25-12-6-7-13-14(8-12)28-17(20-13)21-15(24)9-27-18-23-22-16(26-18)10-2-4-11(19)5-3-10/h2-8H,9H2,1H3,(H,20,21,24). The number of thioether (sulfide) groups is 1. The van der Waals surface area contributed by atoms with Crippen LogP contribution in [0.4, 0.5) is 5.13 Å². The first-order valence-corrected chi connectivity index (χ1v) is 10.7. The number of rotatable bonds is 6. The number of nitrogens with zero attached hydrogens (tertiary/aromatic N) is 3. The summed E-state index contributed by atoms with van der Waals surface area (Å²) in [5.74, 6) is 1.11. The molecule has 0 saturated carbocycles. The van der Waals surface area contributed by atoms with Gasteiger partial charge in [-0.2, -0.15) is 0 Å². The van der Waals surface area contributed by atoms with Crippen LogP contribution in [0.15, 0.2) is 56.6 Å². The van der Waals surface area contributed by atoms with E-state index in [0.717, 1.165) is 26.0 Å². The van der Waals surface area contributed by atoms with Gasteiger partial charge >= 0.3 is 0 Å². The van der Waals surface area contributed by atoms with Gasteiger partial charge in [-0.05, 0) is 42.5 Å². The Kier molecular flexibility index (Phi) is 5.60. The summed E-state index contributed by atoms with van der Waals surface area (Å²) in [6.07, 6.45) is 0. The van der Waals surface area contributed by atoms with Gasteiger partial charge in [-0.3, -0.25) is 4.79 Å². The van der Waals surface area contributed by atoms with Crippen molar-refractivity contribution < 1.29 is 13.9 Å². The van der Waals surface area contributed by atoms with Crippen molar-refractivity contribution in [3.8, 4) is 17.2 Å². The van der Waals surface area contributed by atoms with Crippen LogP contribution in [0, 0.1) is 0 Å². The van der Waals surface area contributed by atoms with Crippen molar-refractivity contribution >= 4 is 60.3 Å². The third kappa shape index (κ3) is 4.34. The van der Waals surface area contributed by atoms with E-state index in [4.69, 9.17) is 9.15 Å². The molecule has 0 spiro atoms. The lowest BCUT2D eigenvalue weighted by Gasteiger charge is -1.98. The number of carbonyl (C=O) groups excluding carboxylic acids is 1. The first kappa shape index (κ1) is 18.9. The Balaban J connectivity index is 1.36. The summed E-state index contributed by atoms with van der Waals surface area (Å²) in [5.41, 5.74) is 1.63. The summed E-state index contributed by atoms with van der Waals surface area (Å²) >= 11 is 5.95. The molecule has 2 heterocycles. The Morgan fingerprint density at radius 1 is 1.25 bits per heavy atom. The van der Waals surface area contributed by atoms with Gasteiger partial charge in [0.05, 0.1) is 23.1 Å². The van der Waals surface area contributed by atoms with Crippen molar-refractivity contribution in [2.45, 2.75) is 5.22 Å². The molecule has 0 aliphatic rings. The van der Waals surface area contributed by atoms with E-state index < -0.39 is 0 Å². The van der Waals surface area contributed by atoms with E-state index in [1.54, 1.807) is 7.11 Å². The van der Waals surface area contributed by atoms with Gasteiger partial charge in [0, 0.05) is 10.0 Å². The monoisotopic (exact) mass is 476 g/mol. The van der Waals surface area contributed by atoms with Crippen LogP contribution in [0.5, 0.6) is 5.75 Å². The van der Waals surface area contributed by atoms with Crippen LogP contribution < -0.4 is 10.1 Å². The lowest BCUT2D eigenvalue weighted by molar-refractivity contribution is -0.113. The largest absolute Gasteiger partial charge is 0.497 e. The van der Waals surface area contributed by atoms with Crippen LogP contribution in [-0.2, 0) is 4.79 Å². The quantitative estimate of drug-likeness (QED) is 0.397. The molecule has 0 radical (unpaired) electrons. The minimum atomic E-state index is -0.195. The lowest BCUT2D eigenvalue weighted by atomic mass is 10.2. The number of halogens is 1. The SMILES string of the molecule is COc1ccc2nc(NC(=O)CSc3nnc(-c4ccc(Br)cc4)o3)sc2c1. The normalized spacial score (nSPS) is 10.9. The number of fused-ring (bicyclic) bond motifs is 1. The second kappa shape index (κ2) is 8.29. The minimum Gasteiger partial charge on any atom is -0.497 e. The predicted octanol–water partition coefficient (Wildman–Crippen LogP) is 4.85. The molecule has 0 unspecified atom stereocenters. The number of aromatic nitrogens is 3. The first-order chi connectivity index (χ1) is 13.6. The summed E-state index contributed by atoms with van der Waals surface area (Å²) in [6, 6.07) is 13.1. The number of nitrogens with one attached hydrogen (secondary N) is 1. The minimum absolute atomic E-state index is 0.140. The zero-order valence-corrected chi connectivity index (χ0v) is 17.7. The number of benzene rings is 2. The summed E-state index contributed by atoms with van der Waals surface area (Å²) < 4.78 is 12.7. The van der Waals surface area contributed by atoms with Gasteiger partial charge in [-0.25, -0.2) is 4.98 Å². The molecular formula is C18H13BrN4O3S2. The van der Waals surface area contributed by atoms with E-state index in [0.29, 0.717) is 16.2 Å². The molecule has 0 aliphatic heterocycles. The second-order valence-corrected chi connectivity index (χ2v) is 8.44. The van der Waals surface area contributed by atoms with Crippen LogP contribution in [-0.4, -0.2) is 34.0 Å². The molecule has 0 atom stereocenters. The van der Waals surface area contributed by atoms with Gasteiger partial charge in [0.1, 0.15) is 5.75 Å². The fourth-order valence-electron chi connectivity index (χ4n) is 2.35. The molecule has 10 heteroatoms. The maximum absolute atomic E-state index is 12.2. The molecule has 28 heavy (non-hydrogen) atoms. The maximum atomic E-state index is 12.2. The van der Waals surface area contributed by atoms with Crippen LogP contribution in [0.1, 0.15) is 0 Å². The van der Waals surface area contributed by atoms with Crippen molar-refractivity contribution in [1.82, 2.24) is 15.2 Å². The molecule has 4 aromatic rings. The van der Waals surface area contributed by atoms with E-state index in [9.17, 15) is 4.79 Å². The molecule has 4 rings (SSSR count). The van der Waals surface area contributed by atoms with Crippen molar-refractivity contribution in [3.05, 3.63) is 46.9 Å². The van der Waals surface area contributed by atoms with Crippen molar-refractivity contribution in [1.29, 1.82) is 0 Å². The number of hydrogen-bond donors (Lipinski definition) is 1. The van der Waals surface area contributed by atoms with Crippen molar-refractivity contribution in [3.63, 3.8) is 0 Å². The summed E-state index contributed by atoms with van der Waals surface area (Å²) in [6.45, 7) is 0. The Bertz CT molecular complexity index is 1130. The Labute approximate surface area is 176 Å². The van der Waals surface area contributed by atoms with E-state index in [1.807, 2.05) is 42.5 Å². The number of hydrogen-bond acceptors (Lipinski definition) is 8. The number of methoxy groups -OCH3 is 1. The van der Waals surface area contributed by atoms with Crippen LogP contribution >= 0.6 is 39.0 Å². The van der Waals surface area contributed by atoms with E-state index in [1.165, 1.54) is 23.1 Å². The van der Waals surface area contributed by atoms with Crippen molar-refractivity contribution in [2.24, 2.45) is 0 Å². The topological polar surface area (TPSA) is 90.1 Å².